The van der Waals surface area contributed by atoms with Gasteiger partial charge in [0.05, 0.1) is 15.6 Å². The van der Waals surface area contributed by atoms with Gasteiger partial charge in [0, 0.05) is 31.9 Å². The summed E-state index contributed by atoms with van der Waals surface area (Å²) in [6.45, 7) is 1.91. The summed E-state index contributed by atoms with van der Waals surface area (Å²) in [6, 6.07) is 10.6. The summed E-state index contributed by atoms with van der Waals surface area (Å²) in [7, 11) is 0. The molecule has 1 aliphatic rings. The second-order valence-corrected chi connectivity index (χ2v) is 6.86. The maximum atomic E-state index is 13.0. The number of rotatable bonds is 4. The molecular formula is C19H17Cl2FN2O3. The monoisotopic (exact) mass is 410 g/mol. The average Bonchev–Trinajstić information content (AvgIpc) is 2.68. The quantitative estimate of drug-likeness (QED) is 0.721. The Bertz CT molecular complexity index is 837. The molecule has 0 aliphatic carbocycles. The van der Waals surface area contributed by atoms with Gasteiger partial charge in [0.1, 0.15) is 5.82 Å². The molecule has 2 aromatic carbocycles. The topological polar surface area (TPSA) is 49.9 Å². The van der Waals surface area contributed by atoms with Gasteiger partial charge in [-0.2, -0.15) is 0 Å². The van der Waals surface area contributed by atoms with Crippen LogP contribution in [0.1, 0.15) is 10.4 Å². The minimum absolute atomic E-state index is 0.235. The standard InChI is InChI=1S/C19H17Cl2FN2O3/c20-16-6-1-13(11-17(16)21)19(26)27-12-18(25)24-9-7-23(8-10-24)15-4-2-14(22)3-5-15/h1-6,11H,7-10,12H2. The maximum Gasteiger partial charge on any atom is 0.338 e. The molecule has 0 spiro atoms. The van der Waals surface area contributed by atoms with E-state index >= 15 is 0 Å². The molecule has 8 heteroatoms. The van der Waals surface area contributed by atoms with Crippen LogP contribution in [0.25, 0.3) is 0 Å². The lowest BCUT2D eigenvalue weighted by Crippen LogP contribution is -2.49. The van der Waals surface area contributed by atoms with Gasteiger partial charge in [-0.3, -0.25) is 4.79 Å². The third-order valence-corrected chi connectivity index (χ3v) is 5.05. The van der Waals surface area contributed by atoms with Crippen molar-refractivity contribution in [3.05, 3.63) is 63.9 Å². The molecule has 0 N–H and O–H groups in total. The highest BCUT2D eigenvalue weighted by Gasteiger charge is 2.22. The summed E-state index contributed by atoms with van der Waals surface area (Å²) < 4.78 is 18.1. The first kappa shape index (κ1) is 19.5. The largest absolute Gasteiger partial charge is 0.452 e. The Balaban J connectivity index is 1.48. The highest BCUT2D eigenvalue weighted by atomic mass is 35.5. The van der Waals surface area contributed by atoms with Crippen LogP contribution in [-0.4, -0.2) is 49.6 Å². The first-order chi connectivity index (χ1) is 12.9. The first-order valence-electron chi connectivity index (χ1n) is 8.34. The number of piperazine rings is 1. The fourth-order valence-electron chi connectivity index (χ4n) is 2.79. The van der Waals surface area contributed by atoms with E-state index in [1.54, 1.807) is 17.0 Å². The molecule has 0 saturated carbocycles. The second kappa shape index (κ2) is 8.59. The zero-order valence-electron chi connectivity index (χ0n) is 14.3. The summed E-state index contributed by atoms with van der Waals surface area (Å²) >= 11 is 11.7. The van der Waals surface area contributed by atoms with Gasteiger partial charge in [-0.1, -0.05) is 23.2 Å². The van der Waals surface area contributed by atoms with Crippen molar-refractivity contribution in [2.24, 2.45) is 0 Å². The van der Waals surface area contributed by atoms with Crippen molar-refractivity contribution >= 4 is 40.8 Å². The fourth-order valence-corrected chi connectivity index (χ4v) is 3.09. The van der Waals surface area contributed by atoms with E-state index in [0.717, 1.165) is 5.69 Å². The number of carbonyl (C=O) groups excluding carboxylic acids is 2. The van der Waals surface area contributed by atoms with Crippen LogP contribution < -0.4 is 4.90 Å². The van der Waals surface area contributed by atoms with E-state index in [-0.39, 0.29) is 28.9 Å². The number of amides is 1. The summed E-state index contributed by atoms with van der Waals surface area (Å²) in [5, 5.41) is 0.581. The predicted octanol–water partition coefficient (Wildman–Crippen LogP) is 3.64. The van der Waals surface area contributed by atoms with Gasteiger partial charge in [0.15, 0.2) is 6.61 Å². The van der Waals surface area contributed by atoms with Crippen LogP contribution in [-0.2, 0) is 9.53 Å². The first-order valence-corrected chi connectivity index (χ1v) is 9.10. The lowest BCUT2D eigenvalue weighted by atomic mass is 10.2. The Morgan fingerprint density at radius 2 is 1.63 bits per heavy atom. The van der Waals surface area contributed by atoms with Crippen LogP contribution in [0.5, 0.6) is 0 Å². The van der Waals surface area contributed by atoms with Gasteiger partial charge in [-0.05, 0) is 42.5 Å². The normalized spacial score (nSPS) is 14.2. The van der Waals surface area contributed by atoms with Crippen LogP contribution >= 0.6 is 23.2 Å². The van der Waals surface area contributed by atoms with E-state index in [9.17, 15) is 14.0 Å². The third kappa shape index (κ3) is 4.90. The zero-order chi connectivity index (χ0) is 19.4. The summed E-state index contributed by atoms with van der Waals surface area (Å²) in [6.07, 6.45) is 0. The number of anilines is 1. The van der Waals surface area contributed by atoms with Gasteiger partial charge in [0.25, 0.3) is 5.91 Å². The van der Waals surface area contributed by atoms with E-state index in [1.165, 1.54) is 30.3 Å². The maximum absolute atomic E-state index is 13.0. The fraction of sp³-hybridized carbons (Fsp3) is 0.263. The van der Waals surface area contributed by atoms with Crippen molar-refractivity contribution < 1.29 is 18.7 Å². The molecule has 0 radical (unpaired) electrons. The molecule has 0 unspecified atom stereocenters. The molecule has 3 rings (SSSR count). The molecule has 27 heavy (non-hydrogen) atoms. The van der Waals surface area contributed by atoms with E-state index in [4.69, 9.17) is 27.9 Å². The van der Waals surface area contributed by atoms with Crippen molar-refractivity contribution in [2.45, 2.75) is 0 Å². The smallest absolute Gasteiger partial charge is 0.338 e. The Morgan fingerprint density at radius 3 is 2.26 bits per heavy atom. The van der Waals surface area contributed by atoms with Crippen LogP contribution in [0.4, 0.5) is 10.1 Å². The highest BCUT2D eigenvalue weighted by Crippen LogP contribution is 2.23. The van der Waals surface area contributed by atoms with Crippen LogP contribution in [0.15, 0.2) is 42.5 Å². The minimum atomic E-state index is -0.633. The molecular weight excluding hydrogens is 394 g/mol. The molecule has 1 saturated heterocycles. The van der Waals surface area contributed by atoms with E-state index in [1.807, 2.05) is 0 Å². The SMILES string of the molecule is O=C(OCC(=O)N1CCN(c2ccc(F)cc2)CC1)c1ccc(Cl)c(Cl)c1. The van der Waals surface area contributed by atoms with Gasteiger partial charge in [-0.15, -0.1) is 0 Å². The average molecular weight is 411 g/mol. The lowest BCUT2D eigenvalue weighted by molar-refractivity contribution is -0.134. The van der Waals surface area contributed by atoms with Crippen LogP contribution in [0.3, 0.4) is 0 Å². The van der Waals surface area contributed by atoms with Crippen molar-refractivity contribution in [2.75, 3.05) is 37.7 Å². The number of halogens is 3. The van der Waals surface area contributed by atoms with Gasteiger partial charge in [-0.25, -0.2) is 9.18 Å². The molecule has 0 aromatic heterocycles. The molecule has 1 aliphatic heterocycles. The Kier molecular flexibility index (Phi) is 6.19. The van der Waals surface area contributed by atoms with Crippen molar-refractivity contribution in [3.8, 4) is 0 Å². The molecule has 1 heterocycles. The Morgan fingerprint density at radius 1 is 0.963 bits per heavy atom. The van der Waals surface area contributed by atoms with E-state index in [0.29, 0.717) is 31.2 Å². The second-order valence-electron chi connectivity index (χ2n) is 6.05. The predicted molar refractivity (Wildman–Crippen MR) is 102 cm³/mol. The Labute approximate surface area is 166 Å². The molecule has 5 nitrogen and oxygen atoms in total. The van der Waals surface area contributed by atoms with E-state index < -0.39 is 5.97 Å². The number of benzene rings is 2. The molecule has 1 fully saturated rings. The van der Waals surface area contributed by atoms with Gasteiger partial charge >= 0.3 is 5.97 Å². The highest BCUT2D eigenvalue weighted by molar-refractivity contribution is 6.42. The Hall–Kier alpha value is -2.31. The summed E-state index contributed by atoms with van der Waals surface area (Å²) in [5.74, 6) is -1.18. The number of nitrogens with zero attached hydrogens (tertiary/aromatic N) is 2. The number of esters is 1. The van der Waals surface area contributed by atoms with Gasteiger partial charge < -0.3 is 14.5 Å². The van der Waals surface area contributed by atoms with Crippen LogP contribution in [0, 0.1) is 5.82 Å². The third-order valence-electron chi connectivity index (χ3n) is 4.31. The number of carbonyl (C=O) groups is 2. The molecule has 142 valence electrons. The summed E-state index contributed by atoms with van der Waals surface area (Å²) in [5.41, 5.74) is 1.15. The number of hydrogen-bond donors (Lipinski definition) is 0. The zero-order valence-corrected chi connectivity index (χ0v) is 15.8. The van der Waals surface area contributed by atoms with Crippen molar-refractivity contribution in [1.82, 2.24) is 4.90 Å². The minimum Gasteiger partial charge on any atom is -0.452 e. The molecule has 2 aromatic rings. The number of hydrogen-bond acceptors (Lipinski definition) is 4. The van der Waals surface area contributed by atoms with Crippen molar-refractivity contribution in [3.63, 3.8) is 0 Å². The van der Waals surface area contributed by atoms with Crippen molar-refractivity contribution in [1.29, 1.82) is 0 Å². The molecule has 1 amide bonds. The lowest BCUT2D eigenvalue weighted by Gasteiger charge is -2.36. The summed E-state index contributed by atoms with van der Waals surface area (Å²) in [4.78, 5) is 28.0. The van der Waals surface area contributed by atoms with E-state index in [2.05, 4.69) is 4.90 Å². The molecule has 0 atom stereocenters. The van der Waals surface area contributed by atoms with Crippen LogP contribution in [0.2, 0.25) is 10.0 Å². The molecule has 0 bridgehead atoms. The number of ether oxygens (including phenoxy) is 1. The van der Waals surface area contributed by atoms with Gasteiger partial charge in [0.2, 0.25) is 0 Å².